The Balaban J connectivity index is 2.26. The van der Waals surface area contributed by atoms with E-state index in [-0.39, 0.29) is 17.8 Å². The van der Waals surface area contributed by atoms with Crippen molar-refractivity contribution in [3.05, 3.63) is 29.8 Å². The van der Waals surface area contributed by atoms with E-state index in [4.69, 9.17) is 4.74 Å². The molecule has 0 aliphatic heterocycles. The van der Waals surface area contributed by atoms with Gasteiger partial charge in [0.2, 0.25) is 0 Å². The SMILES string of the molecule is CCCCCCCC(=O)OC(C)c1ccc(O)cc1. The number of rotatable bonds is 8. The minimum absolute atomic E-state index is 0.142. The summed E-state index contributed by atoms with van der Waals surface area (Å²) in [5, 5.41) is 9.20. The summed E-state index contributed by atoms with van der Waals surface area (Å²) < 4.78 is 5.36. The van der Waals surface area contributed by atoms with Crippen LogP contribution in [0, 0.1) is 0 Å². The van der Waals surface area contributed by atoms with E-state index in [1.807, 2.05) is 6.92 Å². The normalized spacial score (nSPS) is 12.1. The average Bonchev–Trinajstić information content (AvgIpc) is 2.39. The van der Waals surface area contributed by atoms with Crippen molar-refractivity contribution in [2.24, 2.45) is 0 Å². The molecule has 0 aromatic heterocycles. The van der Waals surface area contributed by atoms with Crippen LogP contribution in [-0.2, 0) is 9.53 Å². The van der Waals surface area contributed by atoms with E-state index in [2.05, 4.69) is 6.92 Å². The van der Waals surface area contributed by atoms with Gasteiger partial charge in [-0.05, 0) is 31.0 Å². The summed E-state index contributed by atoms with van der Waals surface area (Å²) in [6, 6.07) is 6.75. The van der Waals surface area contributed by atoms with Crippen molar-refractivity contribution in [2.45, 2.75) is 58.5 Å². The van der Waals surface area contributed by atoms with Gasteiger partial charge in [-0.1, -0.05) is 44.7 Å². The van der Waals surface area contributed by atoms with Gasteiger partial charge in [0.25, 0.3) is 0 Å². The number of hydrogen-bond donors (Lipinski definition) is 1. The average molecular weight is 264 g/mol. The van der Waals surface area contributed by atoms with Crippen molar-refractivity contribution in [1.82, 2.24) is 0 Å². The van der Waals surface area contributed by atoms with Crippen molar-refractivity contribution >= 4 is 5.97 Å². The summed E-state index contributed by atoms with van der Waals surface area (Å²) in [7, 11) is 0. The lowest BCUT2D eigenvalue weighted by atomic mass is 10.1. The third kappa shape index (κ3) is 6.27. The summed E-state index contributed by atoms with van der Waals surface area (Å²) >= 11 is 0. The van der Waals surface area contributed by atoms with E-state index in [1.54, 1.807) is 24.3 Å². The van der Waals surface area contributed by atoms with Crippen LogP contribution in [0.4, 0.5) is 0 Å². The Morgan fingerprint density at radius 2 is 1.79 bits per heavy atom. The summed E-state index contributed by atoms with van der Waals surface area (Å²) in [5.41, 5.74) is 0.900. The van der Waals surface area contributed by atoms with Gasteiger partial charge in [-0.3, -0.25) is 4.79 Å². The molecule has 0 aliphatic carbocycles. The minimum Gasteiger partial charge on any atom is -0.508 e. The van der Waals surface area contributed by atoms with Gasteiger partial charge < -0.3 is 9.84 Å². The Morgan fingerprint density at radius 3 is 2.42 bits per heavy atom. The highest BCUT2D eigenvalue weighted by atomic mass is 16.5. The third-order valence-electron chi connectivity index (χ3n) is 3.16. The first kappa shape index (κ1) is 15.5. The van der Waals surface area contributed by atoms with E-state index >= 15 is 0 Å². The first-order valence-corrected chi connectivity index (χ1v) is 7.12. The Morgan fingerprint density at radius 1 is 1.16 bits per heavy atom. The second-order valence-electron chi connectivity index (χ2n) is 4.89. The van der Waals surface area contributed by atoms with Crippen molar-refractivity contribution in [3.63, 3.8) is 0 Å². The van der Waals surface area contributed by atoms with Gasteiger partial charge >= 0.3 is 5.97 Å². The highest BCUT2D eigenvalue weighted by Crippen LogP contribution is 2.20. The van der Waals surface area contributed by atoms with Crippen LogP contribution in [0.3, 0.4) is 0 Å². The summed E-state index contributed by atoms with van der Waals surface area (Å²) in [6.07, 6.45) is 5.87. The van der Waals surface area contributed by atoms with Crippen LogP contribution in [0.1, 0.15) is 64.0 Å². The molecule has 0 radical (unpaired) electrons. The van der Waals surface area contributed by atoms with Crippen LogP contribution >= 0.6 is 0 Å². The fraction of sp³-hybridized carbons (Fsp3) is 0.562. The van der Waals surface area contributed by atoms with E-state index in [9.17, 15) is 9.90 Å². The highest BCUT2D eigenvalue weighted by Gasteiger charge is 2.11. The van der Waals surface area contributed by atoms with Gasteiger partial charge in [0, 0.05) is 6.42 Å². The Hall–Kier alpha value is -1.51. The molecule has 3 nitrogen and oxygen atoms in total. The first-order chi connectivity index (χ1) is 9.13. The molecule has 1 N–H and O–H groups in total. The van der Waals surface area contributed by atoms with Crippen molar-refractivity contribution in [1.29, 1.82) is 0 Å². The molecule has 0 saturated carbocycles. The molecule has 3 heteroatoms. The lowest BCUT2D eigenvalue weighted by molar-refractivity contribution is -0.148. The highest BCUT2D eigenvalue weighted by molar-refractivity contribution is 5.69. The smallest absolute Gasteiger partial charge is 0.306 e. The number of carbonyl (C=O) groups excluding carboxylic acids is 1. The van der Waals surface area contributed by atoms with Crippen molar-refractivity contribution in [2.75, 3.05) is 0 Å². The van der Waals surface area contributed by atoms with Gasteiger partial charge in [-0.2, -0.15) is 0 Å². The number of esters is 1. The molecule has 0 spiro atoms. The molecule has 1 aromatic rings. The standard InChI is InChI=1S/C16H24O3/c1-3-4-5-6-7-8-16(18)19-13(2)14-9-11-15(17)12-10-14/h9-13,17H,3-8H2,1-2H3. The van der Waals surface area contributed by atoms with Crippen molar-refractivity contribution < 1.29 is 14.6 Å². The van der Waals surface area contributed by atoms with Gasteiger partial charge in [-0.25, -0.2) is 0 Å². The van der Waals surface area contributed by atoms with Crippen LogP contribution < -0.4 is 0 Å². The number of phenols is 1. The van der Waals surface area contributed by atoms with E-state index < -0.39 is 0 Å². The molecular formula is C16H24O3. The van der Waals surface area contributed by atoms with Gasteiger partial charge in [0.15, 0.2) is 0 Å². The number of unbranched alkanes of at least 4 members (excludes halogenated alkanes) is 4. The second-order valence-corrected chi connectivity index (χ2v) is 4.89. The molecule has 1 rings (SSSR count). The predicted octanol–water partition coefficient (Wildman–Crippen LogP) is 4.36. The lowest BCUT2D eigenvalue weighted by Crippen LogP contribution is -2.08. The molecule has 0 heterocycles. The zero-order valence-corrected chi connectivity index (χ0v) is 11.9. The van der Waals surface area contributed by atoms with Gasteiger partial charge in [-0.15, -0.1) is 0 Å². The van der Waals surface area contributed by atoms with Crippen LogP contribution in [0.15, 0.2) is 24.3 Å². The maximum Gasteiger partial charge on any atom is 0.306 e. The molecule has 106 valence electrons. The molecule has 0 saturated heterocycles. The summed E-state index contributed by atoms with van der Waals surface area (Å²) in [5.74, 6) is 0.0790. The molecule has 0 amide bonds. The lowest BCUT2D eigenvalue weighted by Gasteiger charge is -2.13. The fourth-order valence-corrected chi connectivity index (χ4v) is 1.94. The first-order valence-electron chi connectivity index (χ1n) is 7.12. The molecule has 1 aromatic carbocycles. The number of ether oxygens (including phenoxy) is 1. The number of aromatic hydroxyl groups is 1. The van der Waals surface area contributed by atoms with E-state index in [0.717, 1.165) is 18.4 Å². The largest absolute Gasteiger partial charge is 0.508 e. The van der Waals surface area contributed by atoms with Crippen LogP contribution in [-0.4, -0.2) is 11.1 Å². The van der Waals surface area contributed by atoms with Crippen molar-refractivity contribution in [3.8, 4) is 5.75 Å². The molecule has 0 aliphatic rings. The molecule has 1 unspecified atom stereocenters. The minimum atomic E-state index is -0.260. The fourth-order valence-electron chi connectivity index (χ4n) is 1.94. The van der Waals surface area contributed by atoms with Gasteiger partial charge in [0.05, 0.1) is 0 Å². The summed E-state index contributed by atoms with van der Waals surface area (Å²) in [4.78, 5) is 11.7. The van der Waals surface area contributed by atoms with Crippen LogP contribution in [0.5, 0.6) is 5.75 Å². The number of hydrogen-bond acceptors (Lipinski definition) is 3. The topological polar surface area (TPSA) is 46.5 Å². The zero-order chi connectivity index (χ0) is 14.1. The van der Waals surface area contributed by atoms with Crippen LogP contribution in [0.2, 0.25) is 0 Å². The quantitative estimate of drug-likeness (QED) is 0.560. The number of carbonyl (C=O) groups is 1. The zero-order valence-electron chi connectivity index (χ0n) is 11.9. The Bertz CT molecular complexity index is 370. The Labute approximate surface area is 115 Å². The molecule has 19 heavy (non-hydrogen) atoms. The van der Waals surface area contributed by atoms with Gasteiger partial charge in [0.1, 0.15) is 11.9 Å². The second kappa shape index (κ2) is 8.57. The molecule has 1 atom stereocenters. The molecule has 0 fully saturated rings. The predicted molar refractivity (Wildman–Crippen MR) is 76.0 cm³/mol. The Kier molecular flexibility index (Phi) is 7.01. The van der Waals surface area contributed by atoms with E-state index in [1.165, 1.54) is 19.3 Å². The maximum atomic E-state index is 11.7. The molecular weight excluding hydrogens is 240 g/mol. The summed E-state index contributed by atoms with van der Waals surface area (Å²) in [6.45, 7) is 4.02. The number of phenolic OH excluding ortho intramolecular Hbond substituents is 1. The third-order valence-corrected chi connectivity index (χ3v) is 3.16. The molecule has 0 bridgehead atoms. The van der Waals surface area contributed by atoms with E-state index in [0.29, 0.717) is 6.42 Å². The van der Waals surface area contributed by atoms with Crippen LogP contribution in [0.25, 0.3) is 0 Å². The maximum absolute atomic E-state index is 11.7. The number of benzene rings is 1. The monoisotopic (exact) mass is 264 g/mol.